The zero-order valence-electron chi connectivity index (χ0n) is 11.8. The zero-order chi connectivity index (χ0) is 14.8. The summed E-state index contributed by atoms with van der Waals surface area (Å²) in [5.41, 5.74) is 3.94. The summed E-state index contributed by atoms with van der Waals surface area (Å²) in [7, 11) is 0. The smallest absolute Gasteiger partial charge is 0.329 e. The fourth-order valence-corrected chi connectivity index (χ4v) is 1.45. The standard InChI is InChI=1S/C14H20N4O2/c1-3-4-5-11(2)17-18-14(20)13(19)16-10-12-6-8-15-9-7-12/h6-9H,3-5,10H2,1-2H3,(H,16,19)(H,18,20)/b17-11-. The number of amides is 2. The molecular weight excluding hydrogens is 256 g/mol. The number of unbranched alkanes of at least 4 members (excludes halogenated alkanes) is 1. The molecular formula is C14H20N4O2. The minimum Gasteiger partial charge on any atom is -0.344 e. The molecule has 0 saturated heterocycles. The van der Waals surface area contributed by atoms with Crippen molar-refractivity contribution in [3.63, 3.8) is 0 Å². The van der Waals surface area contributed by atoms with Gasteiger partial charge in [-0.15, -0.1) is 0 Å². The molecule has 1 aromatic rings. The summed E-state index contributed by atoms with van der Waals surface area (Å²) < 4.78 is 0. The highest BCUT2D eigenvalue weighted by Gasteiger charge is 2.12. The SMILES string of the molecule is CCCC/C(C)=N\NC(=O)C(=O)NCc1ccncc1. The molecule has 0 aliphatic rings. The number of hydrogen-bond acceptors (Lipinski definition) is 4. The van der Waals surface area contributed by atoms with Crippen molar-refractivity contribution in [1.82, 2.24) is 15.7 Å². The molecule has 0 radical (unpaired) electrons. The molecule has 0 atom stereocenters. The quantitative estimate of drug-likeness (QED) is 0.468. The van der Waals surface area contributed by atoms with Gasteiger partial charge < -0.3 is 5.32 Å². The molecule has 108 valence electrons. The van der Waals surface area contributed by atoms with E-state index in [4.69, 9.17) is 0 Å². The molecule has 6 heteroatoms. The largest absolute Gasteiger partial charge is 0.344 e. The van der Waals surface area contributed by atoms with Gasteiger partial charge in [0.05, 0.1) is 0 Å². The van der Waals surface area contributed by atoms with Crippen molar-refractivity contribution in [2.45, 2.75) is 39.7 Å². The van der Waals surface area contributed by atoms with E-state index in [9.17, 15) is 9.59 Å². The van der Waals surface area contributed by atoms with Crippen molar-refractivity contribution >= 4 is 17.5 Å². The maximum Gasteiger partial charge on any atom is 0.329 e. The van der Waals surface area contributed by atoms with Gasteiger partial charge in [0.15, 0.2) is 0 Å². The lowest BCUT2D eigenvalue weighted by atomic mass is 10.2. The van der Waals surface area contributed by atoms with E-state index in [0.717, 1.165) is 30.5 Å². The Hall–Kier alpha value is -2.24. The van der Waals surface area contributed by atoms with Crippen molar-refractivity contribution in [2.24, 2.45) is 5.10 Å². The van der Waals surface area contributed by atoms with Crippen LogP contribution in [0.5, 0.6) is 0 Å². The monoisotopic (exact) mass is 276 g/mol. The molecule has 2 amide bonds. The Bertz CT molecular complexity index is 471. The highest BCUT2D eigenvalue weighted by molar-refractivity contribution is 6.35. The van der Waals surface area contributed by atoms with Gasteiger partial charge in [-0.25, -0.2) is 5.43 Å². The fourth-order valence-electron chi connectivity index (χ4n) is 1.45. The van der Waals surface area contributed by atoms with Crippen molar-refractivity contribution in [1.29, 1.82) is 0 Å². The molecule has 6 nitrogen and oxygen atoms in total. The first-order valence-electron chi connectivity index (χ1n) is 6.63. The average molecular weight is 276 g/mol. The molecule has 0 fully saturated rings. The highest BCUT2D eigenvalue weighted by Crippen LogP contribution is 1.96. The molecule has 0 aromatic carbocycles. The molecule has 0 saturated carbocycles. The summed E-state index contributed by atoms with van der Waals surface area (Å²) in [6.45, 7) is 4.19. The van der Waals surface area contributed by atoms with E-state index in [-0.39, 0.29) is 6.54 Å². The van der Waals surface area contributed by atoms with Crippen LogP contribution in [-0.2, 0) is 16.1 Å². The van der Waals surface area contributed by atoms with Crippen LogP contribution < -0.4 is 10.7 Å². The Morgan fingerprint density at radius 1 is 1.25 bits per heavy atom. The summed E-state index contributed by atoms with van der Waals surface area (Å²) >= 11 is 0. The topological polar surface area (TPSA) is 83.5 Å². The number of aromatic nitrogens is 1. The lowest BCUT2D eigenvalue weighted by Crippen LogP contribution is -2.37. The van der Waals surface area contributed by atoms with E-state index >= 15 is 0 Å². The third-order valence-electron chi connectivity index (χ3n) is 2.65. The van der Waals surface area contributed by atoms with E-state index in [1.54, 1.807) is 24.5 Å². The van der Waals surface area contributed by atoms with Crippen molar-refractivity contribution in [3.05, 3.63) is 30.1 Å². The van der Waals surface area contributed by atoms with Gasteiger partial charge in [0, 0.05) is 24.7 Å². The normalized spacial score (nSPS) is 11.0. The number of nitrogens with zero attached hydrogens (tertiary/aromatic N) is 2. The van der Waals surface area contributed by atoms with Gasteiger partial charge in [-0.2, -0.15) is 5.10 Å². The van der Waals surface area contributed by atoms with Gasteiger partial charge in [-0.05, 0) is 37.5 Å². The molecule has 0 unspecified atom stereocenters. The van der Waals surface area contributed by atoms with Crippen LogP contribution in [0, 0.1) is 0 Å². The number of pyridine rings is 1. The maximum atomic E-state index is 11.5. The molecule has 0 aliphatic carbocycles. The minimum absolute atomic E-state index is 0.285. The van der Waals surface area contributed by atoms with Crippen molar-refractivity contribution in [3.8, 4) is 0 Å². The molecule has 0 bridgehead atoms. The Morgan fingerprint density at radius 2 is 1.95 bits per heavy atom. The Morgan fingerprint density at radius 3 is 2.60 bits per heavy atom. The molecule has 1 aromatic heterocycles. The first kappa shape index (κ1) is 15.8. The third-order valence-corrected chi connectivity index (χ3v) is 2.65. The number of nitrogens with one attached hydrogen (secondary N) is 2. The summed E-state index contributed by atoms with van der Waals surface area (Å²) in [6.07, 6.45) is 6.15. The molecule has 0 aliphatic heterocycles. The van der Waals surface area contributed by atoms with Crippen LogP contribution >= 0.6 is 0 Å². The van der Waals surface area contributed by atoms with Crippen LogP contribution in [0.25, 0.3) is 0 Å². The first-order chi connectivity index (χ1) is 9.63. The predicted molar refractivity (Wildman–Crippen MR) is 76.9 cm³/mol. The van der Waals surface area contributed by atoms with Crippen LogP contribution in [0.2, 0.25) is 0 Å². The van der Waals surface area contributed by atoms with Crippen LogP contribution in [0.3, 0.4) is 0 Å². The van der Waals surface area contributed by atoms with E-state index in [0.29, 0.717) is 0 Å². The maximum absolute atomic E-state index is 11.5. The average Bonchev–Trinajstić information content (AvgIpc) is 2.49. The Labute approximate surface area is 118 Å². The lowest BCUT2D eigenvalue weighted by molar-refractivity contribution is -0.139. The lowest BCUT2D eigenvalue weighted by Gasteiger charge is -2.04. The van der Waals surface area contributed by atoms with Gasteiger partial charge in [0.2, 0.25) is 0 Å². The fraction of sp³-hybridized carbons (Fsp3) is 0.429. The number of rotatable bonds is 6. The van der Waals surface area contributed by atoms with Gasteiger partial charge in [-0.3, -0.25) is 14.6 Å². The molecule has 1 rings (SSSR count). The van der Waals surface area contributed by atoms with Gasteiger partial charge in [-0.1, -0.05) is 13.3 Å². The molecule has 2 N–H and O–H groups in total. The van der Waals surface area contributed by atoms with Crippen LogP contribution in [0.4, 0.5) is 0 Å². The van der Waals surface area contributed by atoms with Crippen LogP contribution in [0.1, 0.15) is 38.7 Å². The van der Waals surface area contributed by atoms with E-state index in [1.807, 2.05) is 6.92 Å². The first-order valence-corrected chi connectivity index (χ1v) is 6.63. The second kappa shape index (κ2) is 8.79. The van der Waals surface area contributed by atoms with Crippen LogP contribution in [0.15, 0.2) is 29.6 Å². The molecule has 20 heavy (non-hydrogen) atoms. The molecule has 1 heterocycles. The summed E-state index contributed by atoms with van der Waals surface area (Å²) in [6, 6.07) is 3.54. The summed E-state index contributed by atoms with van der Waals surface area (Å²) in [5.74, 6) is -1.45. The highest BCUT2D eigenvalue weighted by atomic mass is 16.2. The van der Waals surface area contributed by atoms with Crippen molar-refractivity contribution in [2.75, 3.05) is 0 Å². The predicted octanol–water partition coefficient (Wildman–Crippen LogP) is 1.38. The zero-order valence-corrected chi connectivity index (χ0v) is 11.8. The number of carbonyl (C=O) groups excluding carboxylic acids is 2. The second-order valence-electron chi connectivity index (χ2n) is 4.43. The van der Waals surface area contributed by atoms with Crippen LogP contribution in [-0.4, -0.2) is 22.5 Å². The number of carbonyl (C=O) groups is 2. The van der Waals surface area contributed by atoms with Gasteiger partial charge in [0.25, 0.3) is 0 Å². The Kier molecular flexibility index (Phi) is 6.95. The van der Waals surface area contributed by atoms with Crippen molar-refractivity contribution < 1.29 is 9.59 Å². The minimum atomic E-state index is -0.755. The summed E-state index contributed by atoms with van der Waals surface area (Å²) in [5, 5.41) is 6.40. The number of hydrazone groups is 1. The Balaban J connectivity index is 2.34. The summed E-state index contributed by atoms with van der Waals surface area (Å²) in [4.78, 5) is 26.9. The van der Waals surface area contributed by atoms with E-state index < -0.39 is 11.8 Å². The second-order valence-corrected chi connectivity index (χ2v) is 4.43. The van der Waals surface area contributed by atoms with Gasteiger partial charge >= 0.3 is 11.8 Å². The molecule has 0 spiro atoms. The third kappa shape index (κ3) is 6.08. The van der Waals surface area contributed by atoms with Gasteiger partial charge in [0.1, 0.15) is 0 Å². The number of hydrogen-bond donors (Lipinski definition) is 2. The van der Waals surface area contributed by atoms with E-state index in [2.05, 4.69) is 27.8 Å². The van der Waals surface area contributed by atoms with E-state index in [1.165, 1.54) is 0 Å².